The third-order valence-electron chi connectivity index (χ3n) is 2.06. The molecule has 0 aliphatic carbocycles. The summed E-state index contributed by atoms with van der Waals surface area (Å²) in [6.07, 6.45) is 5.10. The number of aliphatic hydroxyl groups is 1. The Kier molecular flexibility index (Phi) is 2.28. The van der Waals surface area contributed by atoms with Crippen molar-refractivity contribution in [3.05, 3.63) is 30.4 Å². The average Bonchev–Trinajstić information content (AvgIpc) is 2.77. The molecule has 0 amide bonds. The van der Waals surface area contributed by atoms with E-state index in [1.807, 2.05) is 16.2 Å². The van der Waals surface area contributed by atoms with Crippen LogP contribution in [-0.2, 0) is 20.2 Å². The Labute approximate surface area is 80.8 Å². The Balaban J connectivity index is 2.22. The molecule has 0 saturated heterocycles. The predicted molar refractivity (Wildman–Crippen MR) is 48.3 cm³/mol. The SMILES string of the molecule is Cn1cnnc1Cn1ccnc1CO. The maximum absolute atomic E-state index is 8.98. The molecule has 74 valence electrons. The van der Waals surface area contributed by atoms with Crippen molar-refractivity contribution in [1.82, 2.24) is 24.3 Å². The molecular formula is C8H11N5O. The Hall–Kier alpha value is -1.69. The van der Waals surface area contributed by atoms with Gasteiger partial charge in [0.2, 0.25) is 0 Å². The van der Waals surface area contributed by atoms with Crippen LogP contribution < -0.4 is 0 Å². The number of imidazole rings is 1. The van der Waals surface area contributed by atoms with Crippen molar-refractivity contribution in [2.45, 2.75) is 13.2 Å². The van der Waals surface area contributed by atoms with Gasteiger partial charge >= 0.3 is 0 Å². The molecule has 0 aromatic carbocycles. The van der Waals surface area contributed by atoms with Crippen molar-refractivity contribution in [3.8, 4) is 0 Å². The molecule has 2 aromatic rings. The number of hydrogen-bond donors (Lipinski definition) is 1. The molecule has 2 aromatic heterocycles. The third-order valence-corrected chi connectivity index (χ3v) is 2.06. The van der Waals surface area contributed by atoms with E-state index in [1.165, 1.54) is 0 Å². The fourth-order valence-electron chi connectivity index (χ4n) is 1.24. The predicted octanol–water partition coefficient (Wildman–Crippen LogP) is -0.448. The second kappa shape index (κ2) is 3.59. The van der Waals surface area contributed by atoms with Crippen LogP contribution in [0, 0.1) is 0 Å². The first-order valence-electron chi connectivity index (χ1n) is 4.25. The summed E-state index contributed by atoms with van der Waals surface area (Å²) in [5.41, 5.74) is 0. The van der Waals surface area contributed by atoms with E-state index in [9.17, 15) is 0 Å². The summed E-state index contributed by atoms with van der Waals surface area (Å²) >= 11 is 0. The molecule has 0 unspecified atom stereocenters. The highest BCUT2D eigenvalue weighted by Crippen LogP contribution is 2.01. The van der Waals surface area contributed by atoms with Crippen LogP contribution in [0.3, 0.4) is 0 Å². The highest BCUT2D eigenvalue weighted by Gasteiger charge is 2.05. The second-order valence-corrected chi connectivity index (χ2v) is 2.99. The van der Waals surface area contributed by atoms with Gasteiger partial charge in [-0.05, 0) is 0 Å². The highest BCUT2D eigenvalue weighted by atomic mass is 16.3. The number of hydrogen-bond acceptors (Lipinski definition) is 4. The van der Waals surface area contributed by atoms with Crippen LogP contribution in [0.25, 0.3) is 0 Å². The van der Waals surface area contributed by atoms with E-state index in [2.05, 4.69) is 15.2 Å². The Morgan fingerprint density at radius 3 is 2.93 bits per heavy atom. The molecule has 0 radical (unpaired) electrons. The molecule has 0 aliphatic rings. The van der Waals surface area contributed by atoms with Crippen molar-refractivity contribution >= 4 is 0 Å². The number of aryl methyl sites for hydroxylation is 1. The molecule has 2 rings (SSSR count). The van der Waals surface area contributed by atoms with Crippen LogP contribution >= 0.6 is 0 Å². The van der Waals surface area contributed by atoms with Crippen molar-refractivity contribution in [2.75, 3.05) is 0 Å². The first-order valence-corrected chi connectivity index (χ1v) is 4.25. The normalized spacial score (nSPS) is 10.7. The minimum absolute atomic E-state index is 0.0646. The molecule has 0 fully saturated rings. The summed E-state index contributed by atoms with van der Waals surface area (Å²) in [4.78, 5) is 4.00. The molecule has 0 aliphatic heterocycles. The van der Waals surface area contributed by atoms with Gasteiger partial charge in [0.05, 0.1) is 6.54 Å². The minimum atomic E-state index is -0.0646. The second-order valence-electron chi connectivity index (χ2n) is 2.99. The maximum Gasteiger partial charge on any atom is 0.152 e. The van der Waals surface area contributed by atoms with Crippen molar-refractivity contribution < 1.29 is 5.11 Å². The molecule has 6 nitrogen and oxygen atoms in total. The van der Waals surface area contributed by atoms with E-state index in [0.29, 0.717) is 12.4 Å². The fourth-order valence-corrected chi connectivity index (χ4v) is 1.24. The summed E-state index contributed by atoms with van der Waals surface area (Å²) in [5, 5.41) is 16.7. The van der Waals surface area contributed by atoms with Crippen molar-refractivity contribution in [1.29, 1.82) is 0 Å². The van der Waals surface area contributed by atoms with Gasteiger partial charge in [-0.2, -0.15) is 0 Å². The van der Waals surface area contributed by atoms with Crippen LogP contribution in [-0.4, -0.2) is 29.4 Å². The molecule has 0 spiro atoms. The first-order chi connectivity index (χ1) is 6.81. The van der Waals surface area contributed by atoms with E-state index in [1.54, 1.807) is 18.7 Å². The van der Waals surface area contributed by atoms with E-state index < -0.39 is 0 Å². The number of aliphatic hydroxyl groups excluding tert-OH is 1. The smallest absolute Gasteiger partial charge is 0.152 e. The lowest BCUT2D eigenvalue weighted by Crippen LogP contribution is -2.08. The zero-order valence-electron chi connectivity index (χ0n) is 7.83. The van der Waals surface area contributed by atoms with Gasteiger partial charge in [-0.3, -0.25) is 0 Å². The average molecular weight is 193 g/mol. The summed E-state index contributed by atoms with van der Waals surface area (Å²) in [6, 6.07) is 0. The molecule has 14 heavy (non-hydrogen) atoms. The summed E-state index contributed by atoms with van der Waals surface area (Å²) in [6.45, 7) is 0.511. The van der Waals surface area contributed by atoms with Crippen molar-refractivity contribution in [3.63, 3.8) is 0 Å². The van der Waals surface area contributed by atoms with Gasteiger partial charge in [-0.15, -0.1) is 10.2 Å². The number of nitrogens with zero attached hydrogens (tertiary/aromatic N) is 5. The van der Waals surface area contributed by atoms with Crippen LogP contribution in [0.2, 0.25) is 0 Å². The number of rotatable bonds is 3. The maximum atomic E-state index is 8.98. The molecule has 1 N–H and O–H groups in total. The number of aromatic nitrogens is 5. The topological polar surface area (TPSA) is 68.8 Å². The lowest BCUT2D eigenvalue weighted by Gasteiger charge is -2.04. The van der Waals surface area contributed by atoms with Gasteiger partial charge in [-0.1, -0.05) is 0 Å². The molecule has 6 heteroatoms. The molecule has 0 bridgehead atoms. The summed E-state index contributed by atoms with van der Waals surface area (Å²) in [7, 11) is 1.88. The lowest BCUT2D eigenvalue weighted by atomic mass is 10.5. The molecule has 0 atom stereocenters. The minimum Gasteiger partial charge on any atom is -0.388 e. The van der Waals surface area contributed by atoms with Crippen LogP contribution in [0.4, 0.5) is 0 Å². The standard InChI is InChI=1S/C8H11N5O/c1-12-6-10-11-7(12)4-13-3-2-9-8(13)5-14/h2-3,6,14H,4-5H2,1H3. The van der Waals surface area contributed by atoms with Crippen LogP contribution in [0.5, 0.6) is 0 Å². The van der Waals surface area contributed by atoms with Gasteiger partial charge in [0, 0.05) is 19.4 Å². The third kappa shape index (κ3) is 1.51. The van der Waals surface area contributed by atoms with E-state index in [0.717, 1.165) is 5.82 Å². The van der Waals surface area contributed by atoms with Gasteiger partial charge in [0.1, 0.15) is 18.8 Å². The monoisotopic (exact) mass is 193 g/mol. The van der Waals surface area contributed by atoms with Crippen LogP contribution in [0.15, 0.2) is 18.7 Å². The van der Waals surface area contributed by atoms with E-state index >= 15 is 0 Å². The zero-order chi connectivity index (χ0) is 9.97. The van der Waals surface area contributed by atoms with E-state index in [4.69, 9.17) is 5.11 Å². The summed E-state index contributed by atoms with van der Waals surface area (Å²) < 4.78 is 3.67. The van der Waals surface area contributed by atoms with Gasteiger partial charge in [0.15, 0.2) is 5.82 Å². The largest absolute Gasteiger partial charge is 0.388 e. The van der Waals surface area contributed by atoms with Crippen LogP contribution in [0.1, 0.15) is 11.6 Å². The lowest BCUT2D eigenvalue weighted by molar-refractivity contribution is 0.266. The van der Waals surface area contributed by atoms with Crippen molar-refractivity contribution in [2.24, 2.45) is 7.05 Å². The molecular weight excluding hydrogens is 182 g/mol. The Bertz CT molecular complexity index is 419. The Morgan fingerprint density at radius 1 is 1.43 bits per heavy atom. The quantitative estimate of drug-likeness (QED) is 0.717. The van der Waals surface area contributed by atoms with E-state index in [-0.39, 0.29) is 6.61 Å². The Morgan fingerprint density at radius 2 is 2.29 bits per heavy atom. The van der Waals surface area contributed by atoms with Gasteiger partial charge in [0.25, 0.3) is 0 Å². The van der Waals surface area contributed by atoms with Gasteiger partial charge in [-0.25, -0.2) is 4.98 Å². The molecule has 2 heterocycles. The highest BCUT2D eigenvalue weighted by molar-refractivity contribution is 4.95. The first kappa shape index (κ1) is 8.89. The molecule has 0 saturated carbocycles. The van der Waals surface area contributed by atoms with Gasteiger partial charge < -0.3 is 14.2 Å². The zero-order valence-corrected chi connectivity index (χ0v) is 7.83. The summed E-state index contributed by atoms with van der Waals surface area (Å²) in [5.74, 6) is 1.46. The fraction of sp³-hybridized carbons (Fsp3) is 0.375.